The number of hydrogen-bond acceptors (Lipinski definition) is 2. The molecule has 1 saturated carbocycles. The fourth-order valence-corrected chi connectivity index (χ4v) is 3.61. The summed E-state index contributed by atoms with van der Waals surface area (Å²) in [6.45, 7) is 8.51. The first kappa shape index (κ1) is 13.4. The average Bonchev–Trinajstić information content (AvgIpc) is 2.38. The van der Waals surface area contributed by atoms with Crippen LogP contribution in [0.25, 0.3) is 0 Å². The Morgan fingerprint density at radius 2 is 1.76 bits per heavy atom. The fourth-order valence-electron chi connectivity index (χ4n) is 3.61. The van der Waals surface area contributed by atoms with E-state index in [-0.39, 0.29) is 0 Å². The molecule has 0 spiro atoms. The Morgan fingerprint density at radius 1 is 1.06 bits per heavy atom. The largest absolute Gasteiger partial charge is 0.317 e. The molecule has 0 aromatic rings. The average molecular weight is 238 g/mol. The quantitative estimate of drug-likeness (QED) is 0.787. The molecular weight excluding hydrogens is 208 g/mol. The summed E-state index contributed by atoms with van der Waals surface area (Å²) in [5.74, 6) is 2.69. The van der Waals surface area contributed by atoms with Crippen LogP contribution >= 0.6 is 0 Å². The molecule has 2 heteroatoms. The fraction of sp³-hybridized carbons (Fsp3) is 1.00. The van der Waals surface area contributed by atoms with Crippen molar-refractivity contribution in [3.05, 3.63) is 0 Å². The van der Waals surface area contributed by atoms with Crippen molar-refractivity contribution in [1.29, 1.82) is 0 Å². The van der Waals surface area contributed by atoms with Crippen LogP contribution in [0.15, 0.2) is 0 Å². The molecule has 1 aliphatic heterocycles. The minimum Gasteiger partial charge on any atom is -0.317 e. The highest BCUT2D eigenvalue weighted by Crippen LogP contribution is 2.30. The minimum atomic E-state index is 0.804. The standard InChI is InChI=1S/C15H30N2/c1-12(2)14-5-3-4-6-15(14)17-11-13-7-9-16-10-8-13/h12-17H,3-11H2,1-2H3. The Labute approximate surface area is 107 Å². The zero-order chi connectivity index (χ0) is 12.1. The van der Waals surface area contributed by atoms with Crippen LogP contribution in [-0.2, 0) is 0 Å². The first-order valence-electron chi connectivity index (χ1n) is 7.71. The van der Waals surface area contributed by atoms with E-state index in [0.717, 1.165) is 23.8 Å². The molecule has 0 amide bonds. The van der Waals surface area contributed by atoms with Gasteiger partial charge in [0.2, 0.25) is 0 Å². The van der Waals surface area contributed by atoms with E-state index in [1.165, 1.54) is 58.2 Å². The molecule has 1 heterocycles. The van der Waals surface area contributed by atoms with Crippen LogP contribution in [0.4, 0.5) is 0 Å². The van der Waals surface area contributed by atoms with Crippen molar-refractivity contribution in [3.63, 3.8) is 0 Å². The molecule has 0 aromatic carbocycles. The predicted octanol–water partition coefficient (Wildman–Crippen LogP) is 2.79. The van der Waals surface area contributed by atoms with Crippen LogP contribution in [0.2, 0.25) is 0 Å². The highest BCUT2D eigenvalue weighted by Gasteiger charge is 2.27. The highest BCUT2D eigenvalue weighted by molar-refractivity contribution is 4.84. The van der Waals surface area contributed by atoms with Crippen molar-refractivity contribution >= 4 is 0 Å². The maximum absolute atomic E-state index is 3.89. The van der Waals surface area contributed by atoms with Gasteiger partial charge in [0.1, 0.15) is 0 Å². The zero-order valence-electron chi connectivity index (χ0n) is 11.7. The number of hydrogen-bond donors (Lipinski definition) is 2. The van der Waals surface area contributed by atoms with Gasteiger partial charge in [-0.15, -0.1) is 0 Å². The lowest BCUT2D eigenvalue weighted by Gasteiger charge is -2.36. The van der Waals surface area contributed by atoms with Gasteiger partial charge in [-0.1, -0.05) is 26.7 Å². The Morgan fingerprint density at radius 3 is 2.47 bits per heavy atom. The lowest BCUT2D eigenvalue weighted by molar-refractivity contribution is 0.194. The van der Waals surface area contributed by atoms with Crippen molar-refractivity contribution in [2.45, 2.75) is 58.4 Å². The summed E-state index contributed by atoms with van der Waals surface area (Å²) in [7, 11) is 0. The van der Waals surface area contributed by atoms with Crippen molar-refractivity contribution in [2.24, 2.45) is 17.8 Å². The van der Waals surface area contributed by atoms with Crippen LogP contribution in [0.3, 0.4) is 0 Å². The Bertz CT molecular complexity index is 209. The number of rotatable bonds is 4. The van der Waals surface area contributed by atoms with Crippen molar-refractivity contribution in [2.75, 3.05) is 19.6 Å². The SMILES string of the molecule is CC(C)C1CCCCC1NCC1CCNCC1. The second-order valence-corrected chi connectivity index (χ2v) is 6.40. The van der Waals surface area contributed by atoms with Gasteiger partial charge in [-0.05, 0) is 63.1 Å². The molecule has 2 nitrogen and oxygen atoms in total. The second kappa shape index (κ2) is 6.75. The summed E-state index contributed by atoms with van der Waals surface area (Å²) < 4.78 is 0. The van der Waals surface area contributed by atoms with Gasteiger partial charge in [-0.2, -0.15) is 0 Å². The molecule has 1 saturated heterocycles. The maximum atomic E-state index is 3.89. The third kappa shape index (κ3) is 3.96. The van der Waals surface area contributed by atoms with Gasteiger partial charge in [-0.3, -0.25) is 0 Å². The summed E-state index contributed by atoms with van der Waals surface area (Å²) in [5, 5.41) is 7.35. The molecule has 1 aliphatic carbocycles. The second-order valence-electron chi connectivity index (χ2n) is 6.40. The van der Waals surface area contributed by atoms with E-state index in [1.807, 2.05) is 0 Å². The molecule has 2 fully saturated rings. The van der Waals surface area contributed by atoms with Crippen LogP contribution in [-0.4, -0.2) is 25.7 Å². The molecule has 17 heavy (non-hydrogen) atoms. The molecule has 2 atom stereocenters. The van der Waals surface area contributed by atoms with Gasteiger partial charge in [0.25, 0.3) is 0 Å². The molecule has 100 valence electrons. The molecule has 0 radical (unpaired) electrons. The summed E-state index contributed by atoms with van der Waals surface area (Å²) in [6, 6.07) is 0.804. The van der Waals surface area contributed by atoms with E-state index in [2.05, 4.69) is 24.5 Å². The molecule has 2 aliphatic rings. The van der Waals surface area contributed by atoms with Crippen molar-refractivity contribution < 1.29 is 0 Å². The van der Waals surface area contributed by atoms with Crippen LogP contribution < -0.4 is 10.6 Å². The smallest absolute Gasteiger partial charge is 0.00978 e. The summed E-state index contributed by atoms with van der Waals surface area (Å²) in [5.41, 5.74) is 0. The maximum Gasteiger partial charge on any atom is 0.00978 e. The van der Waals surface area contributed by atoms with E-state index in [0.29, 0.717) is 0 Å². The first-order chi connectivity index (χ1) is 8.27. The minimum absolute atomic E-state index is 0.804. The number of nitrogens with one attached hydrogen (secondary N) is 2. The predicted molar refractivity (Wildman–Crippen MR) is 74.2 cm³/mol. The Kier molecular flexibility index (Phi) is 5.30. The molecular formula is C15H30N2. The first-order valence-corrected chi connectivity index (χ1v) is 7.71. The van der Waals surface area contributed by atoms with Gasteiger partial charge in [-0.25, -0.2) is 0 Å². The summed E-state index contributed by atoms with van der Waals surface area (Å²) >= 11 is 0. The van der Waals surface area contributed by atoms with Gasteiger partial charge >= 0.3 is 0 Å². The van der Waals surface area contributed by atoms with Gasteiger partial charge in [0.05, 0.1) is 0 Å². The van der Waals surface area contributed by atoms with Gasteiger partial charge in [0, 0.05) is 6.04 Å². The van der Waals surface area contributed by atoms with Gasteiger partial charge in [0.15, 0.2) is 0 Å². The normalized spacial score (nSPS) is 31.9. The molecule has 2 unspecified atom stereocenters. The summed E-state index contributed by atoms with van der Waals surface area (Å²) in [6.07, 6.45) is 8.48. The molecule has 2 rings (SSSR count). The molecule has 2 N–H and O–H groups in total. The third-order valence-electron chi connectivity index (χ3n) is 4.80. The van der Waals surface area contributed by atoms with Crippen molar-refractivity contribution in [1.82, 2.24) is 10.6 Å². The van der Waals surface area contributed by atoms with E-state index in [1.54, 1.807) is 0 Å². The lowest BCUT2D eigenvalue weighted by atomic mass is 9.77. The Hall–Kier alpha value is -0.0800. The van der Waals surface area contributed by atoms with Crippen LogP contribution in [0, 0.1) is 17.8 Å². The van der Waals surface area contributed by atoms with E-state index < -0.39 is 0 Å². The lowest BCUT2D eigenvalue weighted by Crippen LogP contribution is -2.44. The van der Waals surface area contributed by atoms with Crippen LogP contribution in [0.1, 0.15) is 52.4 Å². The zero-order valence-corrected chi connectivity index (χ0v) is 11.7. The van der Waals surface area contributed by atoms with Crippen molar-refractivity contribution in [3.8, 4) is 0 Å². The van der Waals surface area contributed by atoms with E-state index in [9.17, 15) is 0 Å². The Balaban J connectivity index is 1.75. The monoisotopic (exact) mass is 238 g/mol. The van der Waals surface area contributed by atoms with Gasteiger partial charge < -0.3 is 10.6 Å². The molecule has 0 bridgehead atoms. The molecule has 0 aromatic heterocycles. The van der Waals surface area contributed by atoms with E-state index >= 15 is 0 Å². The van der Waals surface area contributed by atoms with E-state index in [4.69, 9.17) is 0 Å². The third-order valence-corrected chi connectivity index (χ3v) is 4.80. The highest BCUT2D eigenvalue weighted by atomic mass is 14.9. The number of piperidine rings is 1. The van der Waals surface area contributed by atoms with Crippen LogP contribution in [0.5, 0.6) is 0 Å². The summed E-state index contributed by atoms with van der Waals surface area (Å²) in [4.78, 5) is 0. The topological polar surface area (TPSA) is 24.1 Å².